The van der Waals surface area contributed by atoms with E-state index in [0.29, 0.717) is 0 Å². The highest BCUT2D eigenvalue weighted by Crippen LogP contribution is 2.11. The van der Waals surface area contributed by atoms with Gasteiger partial charge in [0.1, 0.15) is 0 Å². The molecule has 4 heteroatoms. The molecule has 0 spiro atoms. The fourth-order valence-electron chi connectivity index (χ4n) is 2.29. The Hall–Kier alpha value is -0.840. The summed E-state index contributed by atoms with van der Waals surface area (Å²) in [6.07, 6.45) is 3.53. The van der Waals surface area contributed by atoms with Crippen LogP contribution in [-0.2, 0) is 6.54 Å². The van der Waals surface area contributed by atoms with Crippen molar-refractivity contribution in [3.8, 4) is 0 Å². The molecule has 0 aromatic carbocycles. The summed E-state index contributed by atoms with van der Waals surface area (Å²) in [5.74, 6) is 0. The van der Waals surface area contributed by atoms with E-state index in [1.807, 2.05) is 26.2 Å². The second kappa shape index (κ2) is 5.21. The van der Waals surface area contributed by atoms with Crippen LogP contribution >= 0.6 is 0 Å². The van der Waals surface area contributed by atoms with Crippen LogP contribution in [0.3, 0.4) is 0 Å². The quantitative estimate of drug-likeness (QED) is 0.854. The molecule has 0 bridgehead atoms. The van der Waals surface area contributed by atoms with Gasteiger partial charge in [0.05, 0.1) is 18.1 Å². The summed E-state index contributed by atoms with van der Waals surface area (Å²) in [5, 5.41) is 9.78. The highest BCUT2D eigenvalue weighted by molar-refractivity contribution is 5.05. The number of hydrogen-bond donors (Lipinski definition) is 1. The zero-order valence-corrected chi connectivity index (χ0v) is 10.7. The Morgan fingerprint density at radius 3 is 2.41 bits per heavy atom. The first-order chi connectivity index (χ1) is 8.03. The van der Waals surface area contributed by atoms with Crippen LogP contribution in [0.5, 0.6) is 0 Å². The van der Waals surface area contributed by atoms with E-state index in [-0.39, 0.29) is 0 Å². The van der Waals surface area contributed by atoms with E-state index >= 15 is 0 Å². The molecule has 4 nitrogen and oxygen atoms in total. The molecule has 1 aliphatic rings. The molecular weight excluding hydrogens is 216 g/mol. The number of rotatable bonds is 4. The highest BCUT2D eigenvalue weighted by atomic mass is 16.3. The van der Waals surface area contributed by atoms with Gasteiger partial charge in [0.15, 0.2) is 0 Å². The minimum Gasteiger partial charge on any atom is -0.472 e. The van der Waals surface area contributed by atoms with Gasteiger partial charge < -0.3 is 9.52 Å². The third-order valence-corrected chi connectivity index (χ3v) is 3.06. The number of furan rings is 1. The highest BCUT2D eigenvalue weighted by Gasteiger charge is 2.22. The van der Waals surface area contributed by atoms with Crippen molar-refractivity contribution >= 4 is 0 Å². The molecule has 0 aliphatic carbocycles. The molecule has 1 aliphatic heterocycles. The third kappa shape index (κ3) is 4.15. The minimum atomic E-state index is -0.591. The van der Waals surface area contributed by atoms with E-state index in [4.69, 9.17) is 4.42 Å². The number of nitrogens with zero attached hydrogens (tertiary/aromatic N) is 2. The molecular formula is C13H22N2O2. The predicted octanol–water partition coefficient (Wildman–Crippen LogP) is 1.17. The van der Waals surface area contributed by atoms with Crippen LogP contribution in [0, 0.1) is 0 Å². The first-order valence-corrected chi connectivity index (χ1v) is 6.21. The Balaban J connectivity index is 1.74. The van der Waals surface area contributed by atoms with Gasteiger partial charge in [-0.15, -0.1) is 0 Å². The van der Waals surface area contributed by atoms with Crippen molar-refractivity contribution < 1.29 is 9.52 Å². The van der Waals surface area contributed by atoms with Gasteiger partial charge >= 0.3 is 0 Å². The molecule has 0 atom stereocenters. The SMILES string of the molecule is CC(C)(O)CN1CCN(Cc2ccoc2)CC1. The van der Waals surface area contributed by atoms with Crippen LogP contribution < -0.4 is 0 Å². The summed E-state index contributed by atoms with van der Waals surface area (Å²) in [6.45, 7) is 9.63. The molecule has 96 valence electrons. The largest absolute Gasteiger partial charge is 0.472 e. The van der Waals surface area contributed by atoms with Gasteiger partial charge in [-0.1, -0.05) is 0 Å². The standard InChI is InChI=1S/C13H22N2O2/c1-13(2,16)11-15-6-4-14(5-7-15)9-12-3-8-17-10-12/h3,8,10,16H,4-7,9,11H2,1-2H3. The van der Waals surface area contributed by atoms with E-state index in [1.165, 1.54) is 5.56 Å². The average molecular weight is 238 g/mol. The van der Waals surface area contributed by atoms with Crippen molar-refractivity contribution in [3.05, 3.63) is 24.2 Å². The molecule has 2 heterocycles. The van der Waals surface area contributed by atoms with Crippen LogP contribution in [0.2, 0.25) is 0 Å². The molecule has 0 radical (unpaired) electrons. The van der Waals surface area contributed by atoms with E-state index in [2.05, 4.69) is 9.80 Å². The van der Waals surface area contributed by atoms with Crippen molar-refractivity contribution in [3.63, 3.8) is 0 Å². The Labute approximate surface area is 103 Å². The first kappa shape index (κ1) is 12.6. The molecule has 0 unspecified atom stereocenters. The monoisotopic (exact) mass is 238 g/mol. The predicted molar refractivity (Wildman–Crippen MR) is 66.7 cm³/mol. The van der Waals surface area contributed by atoms with Crippen molar-refractivity contribution in [1.29, 1.82) is 0 Å². The third-order valence-electron chi connectivity index (χ3n) is 3.06. The number of hydrogen-bond acceptors (Lipinski definition) is 4. The molecule has 0 saturated carbocycles. The van der Waals surface area contributed by atoms with E-state index < -0.39 is 5.60 Å². The van der Waals surface area contributed by atoms with E-state index in [0.717, 1.165) is 39.3 Å². The van der Waals surface area contributed by atoms with Crippen LogP contribution in [0.1, 0.15) is 19.4 Å². The van der Waals surface area contributed by atoms with Crippen LogP contribution in [-0.4, -0.2) is 53.2 Å². The lowest BCUT2D eigenvalue weighted by molar-refractivity contribution is 0.0166. The molecule has 1 aromatic rings. The number of piperazine rings is 1. The first-order valence-electron chi connectivity index (χ1n) is 6.21. The van der Waals surface area contributed by atoms with E-state index in [1.54, 1.807) is 6.26 Å². The summed E-state index contributed by atoms with van der Waals surface area (Å²) in [4.78, 5) is 4.75. The lowest BCUT2D eigenvalue weighted by Gasteiger charge is -2.37. The molecule has 1 saturated heterocycles. The maximum Gasteiger partial charge on any atom is 0.0947 e. The topological polar surface area (TPSA) is 39.9 Å². The molecule has 0 amide bonds. The van der Waals surface area contributed by atoms with Crippen molar-refractivity contribution in [2.45, 2.75) is 26.0 Å². The van der Waals surface area contributed by atoms with Gasteiger partial charge in [0, 0.05) is 44.8 Å². The normalized spacial score (nSPS) is 19.7. The van der Waals surface area contributed by atoms with E-state index in [9.17, 15) is 5.11 Å². The maximum absolute atomic E-state index is 9.78. The van der Waals surface area contributed by atoms with Gasteiger partial charge in [-0.05, 0) is 19.9 Å². The van der Waals surface area contributed by atoms with Gasteiger partial charge in [0.25, 0.3) is 0 Å². The van der Waals surface area contributed by atoms with Gasteiger partial charge in [-0.2, -0.15) is 0 Å². The summed E-state index contributed by atoms with van der Waals surface area (Å²) < 4.78 is 5.07. The Bertz CT molecular complexity index is 322. The van der Waals surface area contributed by atoms with Crippen molar-refractivity contribution in [1.82, 2.24) is 9.80 Å². The smallest absolute Gasteiger partial charge is 0.0947 e. The zero-order chi connectivity index (χ0) is 12.3. The average Bonchev–Trinajstić information content (AvgIpc) is 2.71. The minimum absolute atomic E-state index is 0.591. The molecule has 2 rings (SSSR count). The second-order valence-electron chi connectivity index (χ2n) is 5.50. The van der Waals surface area contributed by atoms with Gasteiger partial charge in [-0.25, -0.2) is 0 Å². The lowest BCUT2D eigenvalue weighted by Crippen LogP contribution is -2.50. The van der Waals surface area contributed by atoms with Gasteiger partial charge in [0.2, 0.25) is 0 Å². The molecule has 1 aromatic heterocycles. The summed E-state index contributed by atoms with van der Waals surface area (Å²) in [5.41, 5.74) is 0.646. The lowest BCUT2D eigenvalue weighted by atomic mass is 10.1. The molecule has 17 heavy (non-hydrogen) atoms. The van der Waals surface area contributed by atoms with Crippen molar-refractivity contribution in [2.75, 3.05) is 32.7 Å². The van der Waals surface area contributed by atoms with Gasteiger partial charge in [-0.3, -0.25) is 9.80 Å². The fraction of sp³-hybridized carbons (Fsp3) is 0.692. The zero-order valence-electron chi connectivity index (χ0n) is 10.7. The van der Waals surface area contributed by atoms with Crippen molar-refractivity contribution in [2.24, 2.45) is 0 Å². The Morgan fingerprint density at radius 2 is 1.88 bits per heavy atom. The Morgan fingerprint density at radius 1 is 1.24 bits per heavy atom. The number of aliphatic hydroxyl groups is 1. The summed E-state index contributed by atoms with van der Waals surface area (Å²) in [6, 6.07) is 2.02. The van der Waals surface area contributed by atoms with Crippen LogP contribution in [0.25, 0.3) is 0 Å². The second-order valence-corrected chi connectivity index (χ2v) is 5.50. The maximum atomic E-state index is 9.78. The number of β-amino-alcohol motifs (C(OH)–C–C–N with tert-alkyl or cyclic N) is 1. The summed E-state index contributed by atoms with van der Waals surface area (Å²) >= 11 is 0. The molecule has 1 N–H and O–H groups in total. The van der Waals surface area contributed by atoms with Crippen LogP contribution in [0.4, 0.5) is 0 Å². The fourth-order valence-corrected chi connectivity index (χ4v) is 2.29. The Kier molecular flexibility index (Phi) is 3.86. The van der Waals surface area contributed by atoms with Crippen LogP contribution in [0.15, 0.2) is 23.0 Å². The molecule has 1 fully saturated rings. The summed E-state index contributed by atoms with van der Waals surface area (Å²) in [7, 11) is 0.